The van der Waals surface area contributed by atoms with E-state index in [0.29, 0.717) is 12.0 Å². The van der Waals surface area contributed by atoms with Gasteiger partial charge in [-0.05, 0) is 53.6 Å². The van der Waals surface area contributed by atoms with Gasteiger partial charge in [0, 0.05) is 7.05 Å². The lowest BCUT2D eigenvalue weighted by Crippen LogP contribution is -2.30. The number of aromatic nitrogens is 3. The number of aryl methyl sites for hydroxylation is 1. The van der Waals surface area contributed by atoms with E-state index in [1.807, 2.05) is 11.7 Å². The first kappa shape index (κ1) is 13.0. The average Bonchev–Trinajstić information content (AvgIpc) is 3.10. The van der Waals surface area contributed by atoms with Crippen LogP contribution < -0.4 is 5.32 Å². The fraction of sp³-hybridized carbons (Fsp3) is 0.833. The molecule has 0 aliphatic heterocycles. The van der Waals surface area contributed by atoms with Crippen LogP contribution in [0.3, 0.4) is 0 Å². The molecule has 2 atom stereocenters. The number of hydrogen-bond acceptors (Lipinski definition) is 3. The first-order chi connectivity index (χ1) is 8.15. The molecule has 0 bridgehead atoms. The fourth-order valence-corrected chi connectivity index (χ4v) is 2.97. The van der Waals surface area contributed by atoms with Crippen molar-refractivity contribution in [1.82, 2.24) is 20.3 Å². The molecule has 1 aromatic rings. The van der Waals surface area contributed by atoms with E-state index < -0.39 is 0 Å². The summed E-state index contributed by atoms with van der Waals surface area (Å²) in [6.45, 7) is 5.58. The van der Waals surface area contributed by atoms with Crippen molar-refractivity contribution in [3.8, 4) is 0 Å². The van der Waals surface area contributed by atoms with E-state index in [1.165, 1.54) is 18.5 Å². The number of nitrogens with one attached hydrogen (secondary N) is 1. The summed E-state index contributed by atoms with van der Waals surface area (Å²) in [6, 6.07) is 0.358. The monoisotopic (exact) mass is 300 g/mol. The van der Waals surface area contributed by atoms with Crippen LogP contribution in [0, 0.1) is 11.8 Å². The van der Waals surface area contributed by atoms with E-state index in [9.17, 15) is 0 Å². The molecule has 1 N–H and O–H groups in total. The van der Waals surface area contributed by atoms with Gasteiger partial charge in [0.05, 0.1) is 11.7 Å². The predicted octanol–water partition coefficient (Wildman–Crippen LogP) is 2.66. The van der Waals surface area contributed by atoms with Crippen molar-refractivity contribution in [3.63, 3.8) is 0 Å². The van der Waals surface area contributed by atoms with Crippen LogP contribution in [0.4, 0.5) is 0 Å². The van der Waals surface area contributed by atoms with Gasteiger partial charge in [0.2, 0.25) is 0 Å². The summed E-state index contributed by atoms with van der Waals surface area (Å²) in [5, 5.41) is 11.8. The summed E-state index contributed by atoms with van der Waals surface area (Å²) in [6.07, 6.45) is 3.89. The third-order valence-electron chi connectivity index (χ3n) is 3.63. The third kappa shape index (κ3) is 2.88. The topological polar surface area (TPSA) is 42.7 Å². The van der Waals surface area contributed by atoms with Crippen molar-refractivity contribution in [2.45, 2.75) is 39.2 Å². The molecule has 1 fully saturated rings. The number of rotatable bonds is 6. The summed E-state index contributed by atoms with van der Waals surface area (Å²) >= 11 is 3.51. The van der Waals surface area contributed by atoms with Crippen molar-refractivity contribution < 1.29 is 0 Å². The molecule has 2 rings (SSSR count). The maximum absolute atomic E-state index is 4.10. The first-order valence-electron chi connectivity index (χ1n) is 6.43. The lowest BCUT2D eigenvalue weighted by molar-refractivity contribution is 0.333. The minimum absolute atomic E-state index is 0.358. The highest BCUT2D eigenvalue weighted by Crippen LogP contribution is 2.43. The molecule has 0 saturated heterocycles. The third-order valence-corrected chi connectivity index (χ3v) is 4.19. The molecule has 1 aliphatic carbocycles. The van der Waals surface area contributed by atoms with Crippen LogP contribution in [0.2, 0.25) is 0 Å². The Morgan fingerprint density at radius 3 is 2.71 bits per heavy atom. The Bertz CT molecular complexity index is 353. The zero-order valence-corrected chi connectivity index (χ0v) is 12.4. The largest absolute Gasteiger partial charge is 0.308 e. The van der Waals surface area contributed by atoms with Crippen LogP contribution in [-0.4, -0.2) is 21.5 Å². The van der Waals surface area contributed by atoms with Gasteiger partial charge >= 0.3 is 0 Å². The van der Waals surface area contributed by atoms with Crippen LogP contribution >= 0.6 is 15.9 Å². The number of hydrogen-bond donors (Lipinski definition) is 1. The zero-order chi connectivity index (χ0) is 12.4. The second-order valence-electron chi connectivity index (χ2n) is 5.02. The lowest BCUT2D eigenvalue weighted by Gasteiger charge is -2.25. The van der Waals surface area contributed by atoms with Gasteiger partial charge in [-0.15, -0.1) is 5.10 Å². The maximum Gasteiger partial charge on any atom is 0.153 e. The first-order valence-corrected chi connectivity index (χ1v) is 7.22. The minimum Gasteiger partial charge on any atom is -0.308 e. The Labute approximate surface area is 111 Å². The van der Waals surface area contributed by atoms with Crippen LogP contribution in [0.25, 0.3) is 0 Å². The molecule has 4 nitrogen and oxygen atoms in total. The van der Waals surface area contributed by atoms with Gasteiger partial charge in [0.15, 0.2) is 4.60 Å². The maximum atomic E-state index is 4.10. The highest BCUT2D eigenvalue weighted by molar-refractivity contribution is 9.10. The Hall–Kier alpha value is -0.420. The fourth-order valence-electron chi connectivity index (χ4n) is 2.39. The molecular formula is C12H21BrN4. The zero-order valence-electron chi connectivity index (χ0n) is 10.8. The SMILES string of the molecule is CCCNC(c1c(Br)nnn1C)C(C)C1CC1. The van der Waals surface area contributed by atoms with Crippen LogP contribution in [0.1, 0.15) is 44.8 Å². The van der Waals surface area contributed by atoms with E-state index in [0.717, 1.165) is 23.5 Å². The van der Waals surface area contributed by atoms with Crippen molar-refractivity contribution in [2.24, 2.45) is 18.9 Å². The highest BCUT2D eigenvalue weighted by Gasteiger charge is 2.36. The van der Waals surface area contributed by atoms with Crippen LogP contribution in [-0.2, 0) is 7.05 Å². The Morgan fingerprint density at radius 2 is 2.24 bits per heavy atom. The van der Waals surface area contributed by atoms with Gasteiger partial charge in [-0.1, -0.05) is 19.1 Å². The molecule has 0 aromatic carbocycles. The van der Waals surface area contributed by atoms with E-state index in [-0.39, 0.29) is 0 Å². The quantitative estimate of drug-likeness (QED) is 0.878. The van der Waals surface area contributed by atoms with E-state index in [4.69, 9.17) is 0 Å². The molecule has 1 aromatic heterocycles. The average molecular weight is 301 g/mol. The second kappa shape index (κ2) is 5.48. The van der Waals surface area contributed by atoms with Gasteiger partial charge in [-0.3, -0.25) is 0 Å². The number of halogens is 1. The molecule has 0 spiro atoms. The molecule has 0 amide bonds. The number of nitrogens with zero attached hydrogens (tertiary/aromatic N) is 3. The summed E-state index contributed by atoms with van der Waals surface area (Å²) in [5.74, 6) is 1.52. The predicted molar refractivity (Wildman–Crippen MR) is 71.6 cm³/mol. The van der Waals surface area contributed by atoms with Gasteiger partial charge in [0.25, 0.3) is 0 Å². The molecule has 2 unspecified atom stereocenters. The lowest BCUT2D eigenvalue weighted by atomic mass is 9.94. The molecule has 1 saturated carbocycles. The van der Waals surface area contributed by atoms with Gasteiger partial charge in [-0.25, -0.2) is 4.68 Å². The second-order valence-corrected chi connectivity index (χ2v) is 5.77. The molecule has 1 heterocycles. The smallest absolute Gasteiger partial charge is 0.153 e. The standard InChI is InChI=1S/C12H21BrN4/c1-4-7-14-10(8(2)9-5-6-9)11-12(13)15-16-17(11)3/h8-10,14H,4-7H2,1-3H3. The summed E-state index contributed by atoms with van der Waals surface area (Å²) < 4.78 is 2.76. The Morgan fingerprint density at radius 1 is 1.53 bits per heavy atom. The molecular weight excluding hydrogens is 280 g/mol. The van der Waals surface area contributed by atoms with Crippen molar-refractivity contribution in [2.75, 3.05) is 6.54 Å². The summed E-state index contributed by atoms with van der Waals surface area (Å²) in [7, 11) is 1.97. The van der Waals surface area contributed by atoms with Gasteiger partial charge < -0.3 is 5.32 Å². The molecule has 17 heavy (non-hydrogen) atoms. The van der Waals surface area contributed by atoms with Crippen LogP contribution in [0.15, 0.2) is 4.60 Å². The molecule has 96 valence electrons. The van der Waals surface area contributed by atoms with Crippen LogP contribution in [0.5, 0.6) is 0 Å². The molecule has 0 radical (unpaired) electrons. The van der Waals surface area contributed by atoms with Gasteiger partial charge in [-0.2, -0.15) is 0 Å². The summed E-state index contributed by atoms with van der Waals surface area (Å²) in [4.78, 5) is 0. The van der Waals surface area contributed by atoms with E-state index in [1.54, 1.807) is 0 Å². The molecule has 1 aliphatic rings. The van der Waals surface area contributed by atoms with Gasteiger partial charge in [0.1, 0.15) is 0 Å². The summed E-state index contributed by atoms with van der Waals surface area (Å²) in [5.41, 5.74) is 1.18. The Balaban J connectivity index is 2.19. The van der Waals surface area contributed by atoms with E-state index >= 15 is 0 Å². The highest BCUT2D eigenvalue weighted by atomic mass is 79.9. The van der Waals surface area contributed by atoms with Crippen molar-refractivity contribution >= 4 is 15.9 Å². The molecule has 5 heteroatoms. The minimum atomic E-state index is 0.358. The van der Waals surface area contributed by atoms with Crippen molar-refractivity contribution in [3.05, 3.63) is 10.3 Å². The normalized spacial score (nSPS) is 19.3. The Kier molecular flexibility index (Phi) is 4.20. The van der Waals surface area contributed by atoms with Crippen molar-refractivity contribution in [1.29, 1.82) is 0 Å². The van der Waals surface area contributed by atoms with E-state index in [2.05, 4.69) is 45.4 Å².